The van der Waals surface area contributed by atoms with E-state index in [9.17, 15) is 9.59 Å². The van der Waals surface area contributed by atoms with Crippen LogP contribution in [0.3, 0.4) is 0 Å². The number of hydrogen-bond acceptors (Lipinski definition) is 7. The lowest BCUT2D eigenvalue weighted by Gasteiger charge is -2.30. The summed E-state index contributed by atoms with van der Waals surface area (Å²) in [6.07, 6.45) is 0.0627. The molecule has 2 aromatic carbocycles. The number of carbonyl (C=O) groups excluding carboxylic acids is 2. The summed E-state index contributed by atoms with van der Waals surface area (Å²) in [5.41, 5.74) is -0.131. The third-order valence-corrected chi connectivity index (χ3v) is 6.10. The van der Waals surface area contributed by atoms with E-state index in [0.717, 1.165) is 5.56 Å². The van der Waals surface area contributed by atoms with Gasteiger partial charge >= 0.3 is 11.9 Å². The number of ether oxygens (including phenoxy) is 5. The molecule has 0 spiro atoms. The molecule has 1 aliphatic heterocycles. The van der Waals surface area contributed by atoms with Gasteiger partial charge < -0.3 is 23.7 Å². The second kappa shape index (κ2) is 10.5. The third-order valence-electron chi connectivity index (χ3n) is 5.36. The van der Waals surface area contributed by atoms with Crippen LogP contribution in [-0.4, -0.2) is 45.0 Å². The van der Waals surface area contributed by atoms with Gasteiger partial charge in [0.1, 0.15) is 18.5 Å². The zero-order valence-corrected chi connectivity index (χ0v) is 21.1. The van der Waals surface area contributed by atoms with E-state index in [4.69, 9.17) is 23.7 Å². The van der Waals surface area contributed by atoms with E-state index in [2.05, 4.69) is 15.9 Å². The first-order chi connectivity index (χ1) is 15.7. The molecule has 0 radical (unpaired) electrons. The molecule has 0 saturated heterocycles. The van der Waals surface area contributed by atoms with Crippen molar-refractivity contribution in [1.82, 2.24) is 0 Å². The van der Waals surface area contributed by atoms with Crippen molar-refractivity contribution in [3.05, 3.63) is 52.0 Å². The number of hydrogen-bond donors (Lipinski definition) is 0. The lowest BCUT2D eigenvalue weighted by atomic mass is 9.76. The van der Waals surface area contributed by atoms with Crippen molar-refractivity contribution in [2.45, 2.75) is 45.8 Å². The minimum Gasteiger partial charge on any atom is -0.491 e. The molecule has 7 nitrogen and oxygen atoms in total. The first-order valence-electron chi connectivity index (χ1n) is 10.7. The first kappa shape index (κ1) is 24.9. The summed E-state index contributed by atoms with van der Waals surface area (Å²) in [6.45, 7) is 6.24. The second-order valence-electron chi connectivity index (χ2n) is 8.36. The smallest absolute Gasteiger partial charge is 0.323 e. The van der Waals surface area contributed by atoms with E-state index in [1.165, 1.54) is 14.2 Å². The SMILES string of the molecule is COC(=O)C(Cc1ccc(OC(C)C)cc1)(Cc1cc2c(cc1Br)OCC(C)O2)C(=O)OC. The highest BCUT2D eigenvalue weighted by Crippen LogP contribution is 2.40. The molecule has 1 unspecified atom stereocenters. The van der Waals surface area contributed by atoms with Crippen LogP contribution in [0, 0.1) is 5.41 Å². The normalized spacial score (nSPS) is 15.2. The van der Waals surface area contributed by atoms with Crippen LogP contribution in [0.15, 0.2) is 40.9 Å². The minimum atomic E-state index is -1.60. The van der Waals surface area contributed by atoms with Crippen LogP contribution in [0.2, 0.25) is 0 Å². The molecule has 0 amide bonds. The van der Waals surface area contributed by atoms with Crippen LogP contribution in [0.1, 0.15) is 31.9 Å². The van der Waals surface area contributed by atoms with E-state index in [1.807, 2.05) is 45.0 Å². The van der Waals surface area contributed by atoms with Gasteiger partial charge in [-0.15, -0.1) is 0 Å². The molecule has 1 atom stereocenters. The maximum Gasteiger partial charge on any atom is 0.323 e. The molecule has 0 N–H and O–H groups in total. The van der Waals surface area contributed by atoms with Crippen molar-refractivity contribution in [2.75, 3.05) is 20.8 Å². The first-order valence-corrected chi connectivity index (χ1v) is 11.5. The Morgan fingerprint density at radius 2 is 1.70 bits per heavy atom. The van der Waals surface area contributed by atoms with Crippen molar-refractivity contribution in [2.24, 2.45) is 5.41 Å². The summed E-state index contributed by atoms with van der Waals surface area (Å²) in [4.78, 5) is 26.2. The van der Waals surface area contributed by atoms with Crippen LogP contribution < -0.4 is 14.2 Å². The number of halogens is 1. The summed E-state index contributed by atoms with van der Waals surface area (Å²) in [6, 6.07) is 10.9. The van der Waals surface area contributed by atoms with Crippen LogP contribution in [0.5, 0.6) is 17.2 Å². The van der Waals surface area contributed by atoms with Crippen LogP contribution in [0.4, 0.5) is 0 Å². The molecule has 33 heavy (non-hydrogen) atoms. The monoisotopic (exact) mass is 520 g/mol. The van der Waals surface area contributed by atoms with Crippen molar-refractivity contribution in [1.29, 1.82) is 0 Å². The van der Waals surface area contributed by atoms with E-state index >= 15 is 0 Å². The van der Waals surface area contributed by atoms with Gasteiger partial charge in [-0.05, 0) is 62.6 Å². The fourth-order valence-electron chi connectivity index (χ4n) is 3.83. The fraction of sp³-hybridized carbons (Fsp3) is 0.440. The molecule has 0 aliphatic carbocycles. The zero-order chi connectivity index (χ0) is 24.2. The van der Waals surface area contributed by atoms with E-state index < -0.39 is 17.4 Å². The maximum atomic E-state index is 13.1. The van der Waals surface area contributed by atoms with Gasteiger partial charge in [-0.25, -0.2) is 0 Å². The summed E-state index contributed by atoms with van der Waals surface area (Å²) in [5.74, 6) is 0.523. The molecule has 2 aromatic rings. The number of carbonyl (C=O) groups is 2. The van der Waals surface area contributed by atoms with Gasteiger partial charge in [0.25, 0.3) is 0 Å². The van der Waals surface area contributed by atoms with Crippen molar-refractivity contribution >= 4 is 27.9 Å². The molecule has 1 heterocycles. The number of fused-ring (bicyclic) bond motifs is 1. The Labute approximate surface area is 202 Å². The lowest BCUT2D eigenvalue weighted by Crippen LogP contribution is -2.45. The second-order valence-corrected chi connectivity index (χ2v) is 9.21. The Bertz CT molecular complexity index is 985. The molecule has 3 rings (SSSR count). The molecule has 0 fully saturated rings. The van der Waals surface area contributed by atoms with Gasteiger partial charge in [0.05, 0.1) is 20.3 Å². The summed E-state index contributed by atoms with van der Waals surface area (Å²) >= 11 is 3.55. The highest BCUT2D eigenvalue weighted by molar-refractivity contribution is 9.10. The summed E-state index contributed by atoms with van der Waals surface area (Å²) < 4.78 is 28.2. The number of esters is 2. The fourth-order valence-corrected chi connectivity index (χ4v) is 4.29. The summed E-state index contributed by atoms with van der Waals surface area (Å²) in [7, 11) is 2.53. The zero-order valence-electron chi connectivity index (χ0n) is 19.5. The molecule has 178 valence electrons. The molecule has 8 heteroatoms. The molecule has 0 saturated carbocycles. The van der Waals surface area contributed by atoms with Crippen LogP contribution >= 0.6 is 15.9 Å². The topological polar surface area (TPSA) is 80.3 Å². The van der Waals surface area contributed by atoms with Crippen LogP contribution in [-0.2, 0) is 31.9 Å². The average molecular weight is 521 g/mol. The molecular formula is C25H29BrO7. The third kappa shape index (κ3) is 5.61. The highest BCUT2D eigenvalue weighted by Gasteiger charge is 2.49. The van der Waals surface area contributed by atoms with Gasteiger partial charge in [-0.3, -0.25) is 9.59 Å². The van der Waals surface area contributed by atoms with Gasteiger partial charge in [-0.2, -0.15) is 0 Å². The Balaban J connectivity index is 2.00. The predicted molar refractivity (Wildman–Crippen MR) is 126 cm³/mol. The number of methoxy groups -OCH3 is 2. The van der Waals surface area contributed by atoms with E-state index in [0.29, 0.717) is 33.9 Å². The van der Waals surface area contributed by atoms with Gasteiger partial charge in [0, 0.05) is 10.9 Å². The Morgan fingerprint density at radius 3 is 2.27 bits per heavy atom. The minimum absolute atomic E-state index is 0.0374. The highest BCUT2D eigenvalue weighted by atomic mass is 79.9. The Kier molecular flexibility index (Phi) is 7.89. The Morgan fingerprint density at radius 1 is 1.06 bits per heavy atom. The van der Waals surface area contributed by atoms with Gasteiger partial charge in [-0.1, -0.05) is 28.1 Å². The maximum absolute atomic E-state index is 13.1. The van der Waals surface area contributed by atoms with Crippen LogP contribution in [0.25, 0.3) is 0 Å². The lowest BCUT2D eigenvalue weighted by molar-refractivity contribution is -0.169. The molecule has 0 aromatic heterocycles. The number of rotatable bonds is 8. The molecular weight excluding hydrogens is 492 g/mol. The molecule has 0 bridgehead atoms. The van der Waals surface area contributed by atoms with E-state index in [-0.39, 0.29) is 25.0 Å². The quantitative estimate of drug-likeness (QED) is 0.374. The van der Waals surface area contributed by atoms with Gasteiger partial charge in [0.2, 0.25) is 0 Å². The summed E-state index contributed by atoms with van der Waals surface area (Å²) in [5, 5.41) is 0. The average Bonchev–Trinajstić information content (AvgIpc) is 2.79. The van der Waals surface area contributed by atoms with Crippen molar-refractivity contribution in [3.63, 3.8) is 0 Å². The number of benzene rings is 2. The molecule has 1 aliphatic rings. The van der Waals surface area contributed by atoms with Crippen molar-refractivity contribution in [3.8, 4) is 17.2 Å². The van der Waals surface area contributed by atoms with Crippen molar-refractivity contribution < 1.29 is 33.3 Å². The predicted octanol–water partition coefficient (Wildman–Crippen LogP) is 4.51. The van der Waals surface area contributed by atoms with E-state index in [1.54, 1.807) is 12.1 Å². The largest absolute Gasteiger partial charge is 0.491 e. The Hall–Kier alpha value is -2.74. The van der Waals surface area contributed by atoms with Gasteiger partial charge in [0.15, 0.2) is 16.9 Å². The standard InChI is InChI=1S/C25H29BrO7/c1-15(2)32-19-8-6-17(7-9-19)12-25(23(27)29-4,24(28)30-5)13-18-10-22-21(11-20(18)26)31-14-16(3)33-22/h6-11,15-16H,12-14H2,1-5H3.